The SMILES string of the molecule is C/C=C(/CCCN1CCN(c2ccc(C)cc2)CC1)C1=C(C)CCC(C)=C1.CC.CCc1cc(CS)nc(C)n1. The zero-order chi connectivity index (χ0) is 29.5. The molecule has 1 aromatic carbocycles. The summed E-state index contributed by atoms with van der Waals surface area (Å²) in [4.78, 5) is 13.6. The Hall–Kier alpha value is -2.37. The summed E-state index contributed by atoms with van der Waals surface area (Å²) in [6, 6.07) is 11.0. The zero-order valence-corrected chi connectivity index (χ0v) is 27.5. The number of nitrogens with zero attached hydrogens (tertiary/aromatic N) is 4. The maximum Gasteiger partial charge on any atom is 0.125 e. The van der Waals surface area contributed by atoms with Crippen molar-refractivity contribution in [2.24, 2.45) is 0 Å². The second-order valence-corrected chi connectivity index (χ2v) is 11.0. The molecule has 2 aromatic rings. The van der Waals surface area contributed by atoms with Gasteiger partial charge in [-0.25, -0.2) is 9.97 Å². The van der Waals surface area contributed by atoms with Crippen LogP contribution in [0, 0.1) is 13.8 Å². The lowest BCUT2D eigenvalue weighted by atomic mass is 9.88. The highest BCUT2D eigenvalue weighted by atomic mass is 32.1. The molecule has 1 fully saturated rings. The van der Waals surface area contributed by atoms with Gasteiger partial charge in [0.25, 0.3) is 0 Å². The molecule has 220 valence electrons. The third-order valence-corrected chi connectivity index (χ3v) is 7.92. The number of hydrogen-bond donors (Lipinski definition) is 1. The molecule has 5 heteroatoms. The van der Waals surface area contributed by atoms with Gasteiger partial charge in [-0.1, -0.05) is 61.8 Å². The number of piperazine rings is 1. The molecule has 0 spiro atoms. The molecule has 0 radical (unpaired) electrons. The van der Waals surface area contributed by atoms with E-state index in [2.05, 4.69) is 103 Å². The molecule has 4 rings (SSSR count). The standard InChI is InChI=1S/C25H36N2.C8H12N2S.C2H6/c1-5-23(25-19-21(3)8-11-22(25)4)7-6-14-26-15-17-27(18-16-26)24-12-9-20(2)10-13-24;1-3-7-4-8(5-11)10-6(2)9-7;1-2/h5,9-10,12-13,19H,6-8,11,14-18H2,1-4H3;4,11H,3,5H2,1-2H3;1-2H3/b23-5-;;. The Labute approximate surface area is 251 Å². The van der Waals surface area contributed by atoms with Crippen molar-refractivity contribution in [2.75, 3.05) is 37.6 Å². The fourth-order valence-corrected chi connectivity index (χ4v) is 5.36. The second-order valence-electron chi connectivity index (χ2n) is 10.7. The van der Waals surface area contributed by atoms with E-state index in [0.717, 1.165) is 36.7 Å². The quantitative estimate of drug-likeness (QED) is 0.326. The fraction of sp³-hybridized carbons (Fsp3) is 0.543. The number of aryl methyl sites for hydroxylation is 3. The first-order valence-corrected chi connectivity index (χ1v) is 16.0. The minimum atomic E-state index is 0.691. The Morgan fingerprint density at radius 3 is 2.17 bits per heavy atom. The Bertz CT molecular complexity index is 1100. The van der Waals surface area contributed by atoms with Gasteiger partial charge in [-0.2, -0.15) is 12.6 Å². The zero-order valence-electron chi connectivity index (χ0n) is 26.6. The van der Waals surface area contributed by atoms with Crippen LogP contribution in [0.5, 0.6) is 0 Å². The van der Waals surface area contributed by atoms with Crippen molar-refractivity contribution in [3.05, 3.63) is 87.6 Å². The van der Waals surface area contributed by atoms with Gasteiger partial charge in [-0.15, -0.1) is 0 Å². The van der Waals surface area contributed by atoms with E-state index in [4.69, 9.17) is 0 Å². The predicted molar refractivity (Wildman–Crippen MR) is 179 cm³/mol. The Balaban J connectivity index is 0.000000360. The van der Waals surface area contributed by atoms with Crippen LogP contribution >= 0.6 is 12.6 Å². The molecule has 1 aliphatic carbocycles. The van der Waals surface area contributed by atoms with E-state index < -0.39 is 0 Å². The molecule has 1 aliphatic heterocycles. The number of aromatic nitrogens is 2. The average molecular weight is 563 g/mol. The minimum Gasteiger partial charge on any atom is -0.369 e. The molecule has 0 N–H and O–H groups in total. The average Bonchev–Trinajstić information content (AvgIpc) is 2.98. The van der Waals surface area contributed by atoms with E-state index in [0.29, 0.717) is 5.75 Å². The van der Waals surface area contributed by atoms with E-state index in [1.54, 1.807) is 11.1 Å². The van der Waals surface area contributed by atoms with E-state index in [9.17, 15) is 0 Å². The first-order valence-electron chi connectivity index (χ1n) is 15.3. The molecule has 0 atom stereocenters. The van der Waals surface area contributed by atoms with E-state index in [1.807, 2.05) is 26.8 Å². The molecule has 1 saturated heterocycles. The summed E-state index contributed by atoms with van der Waals surface area (Å²) in [6.45, 7) is 22.8. The predicted octanol–water partition coefficient (Wildman–Crippen LogP) is 8.70. The highest BCUT2D eigenvalue weighted by Gasteiger charge is 2.17. The van der Waals surface area contributed by atoms with Gasteiger partial charge in [-0.05, 0) is 103 Å². The van der Waals surface area contributed by atoms with Gasteiger partial charge in [0.15, 0.2) is 0 Å². The molecule has 1 aromatic heterocycles. The Morgan fingerprint density at radius 1 is 0.925 bits per heavy atom. The normalized spacial score (nSPS) is 16.1. The van der Waals surface area contributed by atoms with E-state index in [-0.39, 0.29) is 0 Å². The van der Waals surface area contributed by atoms with E-state index in [1.165, 1.54) is 67.7 Å². The van der Waals surface area contributed by atoms with Gasteiger partial charge in [0, 0.05) is 43.3 Å². The summed E-state index contributed by atoms with van der Waals surface area (Å²) in [6.07, 6.45) is 10.6. The summed E-state index contributed by atoms with van der Waals surface area (Å²) in [5, 5.41) is 0. The van der Waals surface area contributed by atoms with Gasteiger partial charge in [-0.3, -0.25) is 4.90 Å². The second kappa shape index (κ2) is 18.1. The molecule has 0 unspecified atom stereocenters. The molecule has 0 saturated carbocycles. The first-order chi connectivity index (χ1) is 19.3. The highest BCUT2D eigenvalue weighted by Crippen LogP contribution is 2.30. The number of rotatable bonds is 8. The maximum atomic E-state index is 4.26. The smallest absolute Gasteiger partial charge is 0.125 e. The molecule has 4 nitrogen and oxygen atoms in total. The van der Waals surface area contributed by atoms with Gasteiger partial charge in [0.05, 0.1) is 5.69 Å². The summed E-state index contributed by atoms with van der Waals surface area (Å²) in [5.74, 6) is 1.53. The van der Waals surface area contributed by atoms with Crippen LogP contribution in [0.3, 0.4) is 0 Å². The third-order valence-electron chi connectivity index (χ3n) is 7.60. The largest absolute Gasteiger partial charge is 0.369 e. The molecule has 2 heterocycles. The number of benzene rings is 1. The number of anilines is 1. The van der Waals surface area contributed by atoms with Crippen LogP contribution in [0.15, 0.2) is 64.8 Å². The van der Waals surface area contributed by atoms with Crippen molar-refractivity contribution < 1.29 is 0 Å². The van der Waals surface area contributed by atoms with Crippen molar-refractivity contribution >= 4 is 18.3 Å². The lowest BCUT2D eigenvalue weighted by molar-refractivity contribution is 0.255. The van der Waals surface area contributed by atoms with Gasteiger partial charge < -0.3 is 4.90 Å². The molecule has 0 amide bonds. The lowest BCUT2D eigenvalue weighted by Crippen LogP contribution is -2.46. The lowest BCUT2D eigenvalue weighted by Gasteiger charge is -2.36. The molecule has 2 aliphatic rings. The summed E-state index contributed by atoms with van der Waals surface area (Å²) >= 11 is 4.15. The molecule has 0 bridgehead atoms. The van der Waals surface area contributed by atoms with Crippen molar-refractivity contribution in [2.45, 2.75) is 93.2 Å². The molecular weight excluding hydrogens is 508 g/mol. The summed E-state index contributed by atoms with van der Waals surface area (Å²) in [5.41, 5.74) is 11.0. The molecule has 40 heavy (non-hydrogen) atoms. The number of thiol groups is 1. The van der Waals surface area contributed by atoms with Crippen LogP contribution in [0.2, 0.25) is 0 Å². The maximum absolute atomic E-state index is 4.26. The Morgan fingerprint density at radius 2 is 1.57 bits per heavy atom. The van der Waals surface area contributed by atoms with Crippen molar-refractivity contribution in [3.8, 4) is 0 Å². The van der Waals surface area contributed by atoms with Crippen LogP contribution < -0.4 is 4.90 Å². The molecular formula is C35H54N4S. The number of hydrogen-bond acceptors (Lipinski definition) is 5. The summed E-state index contributed by atoms with van der Waals surface area (Å²) in [7, 11) is 0. The van der Waals surface area contributed by atoms with Gasteiger partial charge in [0.1, 0.15) is 5.82 Å². The third kappa shape index (κ3) is 10.9. The van der Waals surface area contributed by atoms with Crippen molar-refractivity contribution in [3.63, 3.8) is 0 Å². The van der Waals surface area contributed by atoms with Gasteiger partial charge >= 0.3 is 0 Å². The van der Waals surface area contributed by atoms with Crippen molar-refractivity contribution in [1.29, 1.82) is 0 Å². The van der Waals surface area contributed by atoms with E-state index >= 15 is 0 Å². The minimum absolute atomic E-state index is 0.691. The van der Waals surface area contributed by atoms with Crippen molar-refractivity contribution in [1.82, 2.24) is 14.9 Å². The number of allylic oxidation sites excluding steroid dienone is 6. The van der Waals surface area contributed by atoms with Gasteiger partial charge in [0.2, 0.25) is 0 Å². The monoisotopic (exact) mass is 562 g/mol. The van der Waals surface area contributed by atoms with Crippen LogP contribution in [-0.2, 0) is 12.2 Å². The van der Waals surface area contributed by atoms with Crippen LogP contribution in [0.25, 0.3) is 0 Å². The van der Waals surface area contributed by atoms with Crippen LogP contribution in [0.1, 0.15) is 90.0 Å². The van der Waals surface area contributed by atoms with Crippen LogP contribution in [0.4, 0.5) is 5.69 Å². The van der Waals surface area contributed by atoms with Crippen LogP contribution in [-0.4, -0.2) is 47.6 Å². The fourth-order valence-electron chi connectivity index (χ4n) is 5.20. The Kier molecular flexibility index (Phi) is 15.3. The topological polar surface area (TPSA) is 32.3 Å². The highest BCUT2D eigenvalue weighted by molar-refractivity contribution is 7.79. The summed E-state index contributed by atoms with van der Waals surface area (Å²) < 4.78 is 0. The first kappa shape index (κ1) is 33.8.